The smallest absolute Gasteiger partial charge is 0.326 e. The maximum Gasteiger partial charge on any atom is 0.326 e. The van der Waals surface area contributed by atoms with Crippen LogP contribution in [0.15, 0.2) is 0 Å². The summed E-state index contributed by atoms with van der Waals surface area (Å²) in [5.74, 6) is -3.76. The summed E-state index contributed by atoms with van der Waals surface area (Å²) in [5, 5.41) is 14.4. The molecule has 1 heterocycles. The zero-order valence-corrected chi connectivity index (χ0v) is 18.8. The number of hydrogen-bond acceptors (Lipinski definition) is 7. The van der Waals surface area contributed by atoms with Crippen LogP contribution in [-0.2, 0) is 24.0 Å². The van der Waals surface area contributed by atoms with Crippen molar-refractivity contribution in [2.45, 2.75) is 70.1 Å². The minimum absolute atomic E-state index is 0.0412. The number of amides is 4. The lowest BCUT2D eigenvalue weighted by atomic mass is 9.99. The Morgan fingerprint density at radius 3 is 2.39 bits per heavy atom. The summed E-state index contributed by atoms with van der Waals surface area (Å²) in [6, 6.07) is -3.93. The number of nitrogens with zero attached hydrogens (tertiary/aromatic N) is 1. The number of carbonyl (C=O) groups excluding carboxylic acids is 4. The molecule has 5 unspecified atom stereocenters. The Labute approximate surface area is 187 Å². The topological polar surface area (TPSA) is 185 Å². The van der Waals surface area contributed by atoms with Gasteiger partial charge in [0.1, 0.15) is 18.1 Å². The van der Waals surface area contributed by atoms with Gasteiger partial charge in [-0.1, -0.05) is 20.3 Å². The minimum atomic E-state index is -1.16. The molecule has 1 fully saturated rings. The average Bonchev–Trinajstić information content (AvgIpc) is 3.22. The van der Waals surface area contributed by atoms with E-state index in [-0.39, 0.29) is 24.5 Å². The van der Waals surface area contributed by atoms with E-state index >= 15 is 0 Å². The van der Waals surface area contributed by atoms with Crippen molar-refractivity contribution in [3.63, 3.8) is 0 Å². The average molecular weight is 460 g/mol. The molecule has 1 rings (SSSR count). The van der Waals surface area contributed by atoms with Crippen LogP contribution < -0.4 is 22.1 Å². The third-order valence-corrected chi connectivity index (χ3v) is 5.81. The van der Waals surface area contributed by atoms with E-state index in [9.17, 15) is 29.1 Å². The third kappa shape index (κ3) is 7.69. The summed E-state index contributed by atoms with van der Waals surface area (Å²) < 4.78 is 0. The number of hydrogen-bond donors (Lipinski definition) is 6. The highest BCUT2D eigenvalue weighted by Gasteiger charge is 2.38. The maximum atomic E-state index is 12.8. The summed E-state index contributed by atoms with van der Waals surface area (Å²) in [4.78, 5) is 61.6. The standard InChI is InChI=1S/C19H33N5O6S/c1-3-10(2)15(19(29)30)23-16(26)12(9-31)22-17(27)13-5-4-8-24(13)18(28)11(20)6-7-14(21)25/h10-13,15,31H,3-9,20H2,1-2H3,(H2,21,25)(H,22,27)(H,23,26)(H,29,30). The Hall–Kier alpha value is -2.34. The Bertz CT molecular complexity index is 691. The highest BCUT2D eigenvalue weighted by atomic mass is 32.1. The third-order valence-electron chi connectivity index (χ3n) is 5.45. The first-order chi connectivity index (χ1) is 14.5. The van der Waals surface area contributed by atoms with Gasteiger partial charge in [-0.3, -0.25) is 19.2 Å². The van der Waals surface area contributed by atoms with E-state index in [0.717, 1.165) is 0 Å². The first-order valence-electron chi connectivity index (χ1n) is 10.3. The van der Waals surface area contributed by atoms with Crippen LogP contribution in [0.3, 0.4) is 0 Å². The fraction of sp³-hybridized carbons (Fsp3) is 0.737. The molecule has 0 aromatic heterocycles. The van der Waals surface area contributed by atoms with E-state index in [1.165, 1.54) is 4.90 Å². The highest BCUT2D eigenvalue weighted by Crippen LogP contribution is 2.19. The number of aliphatic carboxylic acids is 1. The predicted molar refractivity (Wildman–Crippen MR) is 116 cm³/mol. The first kappa shape index (κ1) is 26.7. The Balaban J connectivity index is 2.79. The molecule has 176 valence electrons. The SMILES string of the molecule is CCC(C)C(NC(=O)C(CS)NC(=O)C1CCCN1C(=O)C(N)CCC(N)=O)C(=O)O. The second-order valence-electron chi connectivity index (χ2n) is 7.75. The van der Waals surface area contributed by atoms with Crippen molar-refractivity contribution in [3.05, 3.63) is 0 Å². The Morgan fingerprint density at radius 2 is 1.87 bits per heavy atom. The lowest BCUT2D eigenvalue weighted by Gasteiger charge is -2.28. The van der Waals surface area contributed by atoms with Crippen molar-refractivity contribution in [3.8, 4) is 0 Å². The molecule has 12 heteroatoms. The van der Waals surface area contributed by atoms with E-state index in [1.54, 1.807) is 6.92 Å². The van der Waals surface area contributed by atoms with Gasteiger partial charge in [-0.2, -0.15) is 12.6 Å². The molecule has 0 spiro atoms. The maximum absolute atomic E-state index is 12.8. The van der Waals surface area contributed by atoms with E-state index in [0.29, 0.717) is 25.8 Å². The molecule has 31 heavy (non-hydrogen) atoms. The van der Waals surface area contributed by atoms with Crippen molar-refractivity contribution < 1.29 is 29.1 Å². The van der Waals surface area contributed by atoms with Crippen molar-refractivity contribution in [2.75, 3.05) is 12.3 Å². The number of carbonyl (C=O) groups is 5. The van der Waals surface area contributed by atoms with Gasteiger partial charge in [0.2, 0.25) is 23.6 Å². The summed E-state index contributed by atoms with van der Waals surface area (Å²) >= 11 is 4.10. The number of likely N-dealkylation sites (tertiary alicyclic amines) is 1. The minimum Gasteiger partial charge on any atom is -0.480 e. The summed E-state index contributed by atoms with van der Waals surface area (Å²) in [6.07, 6.45) is 1.56. The molecular formula is C19H33N5O6S. The van der Waals surface area contributed by atoms with Crippen molar-refractivity contribution >= 4 is 42.2 Å². The zero-order chi connectivity index (χ0) is 23.7. The van der Waals surface area contributed by atoms with Crippen LogP contribution in [0.2, 0.25) is 0 Å². The van der Waals surface area contributed by atoms with E-state index in [1.807, 2.05) is 6.92 Å². The number of rotatable bonds is 12. The molecule has 0 radical (unpaired) electrons. The zero-order valence-electron chi connectivity index (χ0n) is 17.9. The van der Waals surface area contributed by atoms with Crippen LogP contribution >= 0.6 is 12.6 Å². The van der Waals surface area contributed by atoms with Crippen LogP contribution in [0.4, 0.5) is 0 Å². The quantitative estimate of drug-likeness (QED) is 0.194. The van der Waals surface area contributed by atoms with E-state index in [2.05, 4.69) is 23.3 Å². The van der Waals surface area contributed by atoms with Crippen LogP contribution in [0.25, 0.3) is 0 Å². The fourth-order valence-electron chi connectivity index (χ4n) is 3.34. The number of thiol groups is 1. The lowest BCUT2D eigenvalue weighted by molar-refractivity contribution is -0.144. The first-order valence-corrected chi connectivity index (χ1v) is 10.9. The number of carboxylic acids is 1. The number of nitrogens with one attached hydrogen (secondary N) is 2. The molecule has 1 aliphatic rings. The lowest BCUT2D eigenvalue weighted by Crippen LogP contribution is -2.57. The van der Waals surface area contributed by atoms with Gasteiger partial charge in [0.05, 0.1) is 6.04 Å². The monoisotopic (exact) mass is 459 g/mol. The Morgan fingerprint density at radius 1 is 1.23 bits per heavy atom. The summed E-state index contributed by atoms with van der Waals surface area (Å²) in [5.41, 5.74) is 10.9. The van der Waals surface area contributed by atoms with Crippen molar-refractivity contribution in [1.29, 1.82) is 0 Å². The van der Waals surface area contributed by atoms with Crippen LogP contribution in [-0.4, -0.2) is 76.1 Å². The molecule has 1 aliphatic heterocycles. The molecular weight excluding hydrogens is 426 g/mol. The molecule has 0 aliphatic carbocycles. The van der Waals surface area contributed by atoms with Crippen LogP contribution in [0, 0.1) is 5.92 Å². The fourth-order valence-corrected chi connectivity index (χ4v) is 3.59. The Kier molecular flexibility index (Phi) is 10.8. The van der Waals surface area contributed by atoms with Gasteiger partial charge in [0.15, 0.2) is 0 Å². The van der Waals surface area contributed by atoms with E-state index in [4.69, 9.17) is 11.5 Å². The van der Waals surface area contributed by atoms with Gasteiger partial charge in [-0.25, -0.2) is 4.79 Å². The van der Waals surface area contributed by atoms with Gasteiger partial charge >= 0.3 is 5.97 Å². The van der Waals surface area contributed by atoms with Crippen molar-refractivity contribution in [1.82, 2.24) is 15.5 Å². The molecule has 4 amide bonds. The van der Waals surface area contributed by atoms with Gasteiger partial charge in [-0.15, -0.1) is 0 Å². The molecule has 5 atom stereocenters. The molecule has 0 aromatic carbocycles. The summed E-state index contributed by atoms with van der Waals surface area (Å²) in [6.45, 7) is 3.84. The molecule has 0 aromatic rings. The molecule has 11 nitrogen and oxygen atoms in total. The van der Waals surface area contributed by atoms with E-state index < -0.39 is 53.8 Å². The number of nitrogens with two attached hydrogens (primary N) is 2. The van der Waals surface area contributed by atoms with Gasteiger partial charge < -0.3 is 32.1 Å². The molecule has 7 N–H and O–H groups in total. The molecule has 0 bridgehead atoms. The van der Waals surface area contributed by atoms with Gasteiger partial charge in [0.25, 0.3) is 0 Å². The van der Waals surface area contributed by atoms with Crippen LogP contribution in [0.1, 0.15) is 46.0 Å². The van der Waals surface area contributed by atoms with Gasteiger partial charge in [0, 0.05) is 18.7 Å². The molecule has 0 saturated carbocycles. The van der Waals surface area contributed by atoms with Gasteiger partial charge in [-0.05, 0) is 25.2 Å². The number of carboxylic acid groups (broad SMARTS) is 1. The highest BCUT2D eigenvalue weighted by molar-refractivity contribution is 7.80. The normalized spacial score (nSPS) is 19.7. The number of primary amides is 1. The second kappa shape index (κ2) is 12.5. The van der Waals surface area contributed by atoms with Crippen LogP contribution in [0.5, 0.6) is 0 Å². The van der Waals surface area contributed by atoms with Crippen molar-refractivity contribution in [2.24, 2.45) is 17.4 Å². The molecule has 1 saturated heterocycles. The predicted octanol–water partition coefficient (Wildman–Crippen LogP) is -1.40. The largest absolute Gasteiger partial charge is 0.480 e. The summed E-state index contributed by atoms with van der Waals surface area (Å²) in [7, 11) is 0. The second-order valence-corrected chi connectivity index (χ2v) is 8.12.